The van der Waals surface area contributed by atoms with Crippen molar-refractivity contribution in [2.45, 2.75) is 0 Å². The summed E-state index contributed by atoms with van der Waals surface area (Å²) in [4.78, 5) is 8.99. The van der Waals surface area contributed by atoms with E-state index in [2.05, 4.69) is 20.2 Å². The average Bonchev–Trinajstić information content (AvgIpc) is 3.38. The number of hydrogen-bond donors (Lipinski definition) is 2. The summed E-state index contributed by atoms with van der Waals surface area (Å²) in [6.07, 6.45) is 0. The third-order valence-electron chi connectivity index (χ3n) is 4.69. The zero-order valence-electron chi connectivity index (χ0n) is 15.7. The molecule has 2 heterocycles. The van der Waals surface area contributed by atoms with E-state index in [0.29, 0.717) is 21.2 Å². The predicted octanol–water partition coefficient (Wildman–Crippen LogP) is 5.51. The Hall–Kier alpha value is -3.62. The predicted molar refractivity (Wildman–Crippen MR) is 122 cm³/mol. The first kappa shape index (κ1) is 18.4. The maximum absolute atomic E-state index is 5.41. The smallest absolute Gasteiger partial charge is 0.221 e. The molecule has 0 bridgehead atoms. The molecule has 30 heavy (non-hydrogen) atoms. The molecule has 0 unspecified atom stereocenters. The van der Waals surface area contributed by atoms with Gasteiger partial charge in [0, 0.05) is 11.1 Å². The van der Waals surface area contributed by atoms with E-state index in [1.807, 2.05) is 84.9 Å². The number of hydrogen-bond acceptors (Lipinski definition) is 4. The van der Waals surface area contributed by atoms with Crippen LogP contribution in [0.25, 0.3) is 34.2 Å². The van der Waals surface area contributed by atoms with E-state index in [0.717, 1.165) is 22.5 Å². The monoisotopic (exact) mass is 428 g/mol. The molecular formula is C22H16N6S2. The lowest BCUT2D eigenvalue weighted by molar-refractivity contribution is 0.868. The molecule has 8 heteroatoms. The molecular weight excluding hydrogens is 412 g/mol. The summed E-state index contributed by atoms with van der Waals surface area (Å²) >= 11 is 10.8. The number of nitrogens with zero attached hydrogens (tertiary/aromatic N) is 4. The van der Waals surface area contributed by atoms with Crippen LogP contribution in [0.1, 0.15) is 0 Å². The van der Waals surface area contributed by atoms with E-state index in [-0.39, 0.29) is 0 Å². The molecule has 0 amide bonds. The summed E-state index contributed by atoms with van der Waals surface area (Å²) in [6, 6.07) is 27.6. The van der Waals surface area contributed by atoms with Crippen molar-refractivity contribution in [2.75, 3.05) is 0 Å². The second-order valence-corrected chi connectivity index (χ2v) is 7.36. The van der Waals surface area contributed by atoms with Gasteiger partial charge in [0.05, 0.1) is 11.4 Å². The molecule has 2 aromatic heterocycles. The summed E-state index contributed by atoms with van der Waals surface area (Å²) in [7, 11) is 0. The number of aromatic amines is 2. The molecule has 5 aromatic rings. The van der Waals surface area contributed by atoms with Crippen LogP contribution < -0.4 is 0 Å². The Bertz CT molecular complexity index is 1300. The molecule has 2 N–H and O–H groups in total. The van der Waals surface area contributed by atoms with Gasteiger partial charge in [-0.3, -0.25) is 10.2 Å². The van der Waals surface area contributed by atoms with Crippen LogP contribution in [0.15, 0.2) is 84.9 Å². The largest absolute Gasteiger partial charge is 0.274 e. The molecule has 0 fully saturated rings. The van der Waals surface area contributed by atoms with Crippen molar-refractivity contribution in [3.05, 3.63) is 94.5 Å². The van der Waals surface area contributed by atoms with Crippen molar-refractivity contribution in [3.8, 4) is 34.2 Å². The van der Waals surface area contributed by atoms with Gasteiger partial charge in [0.2, 0.25) is 9.54 Å². The molecule has 0 radical (unpaired) electrons. The maximum Gasteiger partial charge on any atom is 0.221 e. The number of para-hydroxylation sites is 2. The fourth-order valence-electron chi connectivity index (χ4n) is 3.20. The van der Waals surface area contributed by atoms with Crippen molar-refractivity contribution < 1.29 is 0 Å². The van der Waals surface area contributed by atoms with Crippen molar-refractivity contribution in [3.63, 3.8) is 0 Å². The Balaban J connectivity index is 1.46. The number of benzene rings is 3. The van der Waals surface area contributed by atoms with Crippen molar-refractivity contribution in [1.82, 2.24) is 29.5 Å². The first-order valence-corrected chi connectivity index (χ1v) is 10.1. The van der Waals surface area contributed by atoms with Crippen LogP contribution in [-0.2, 0) is 0 Å². The van der Waals surface area contributed by atoms with E-state index in [1.165, 1.54) is 0 Å². The van der Waals surface area contributed by atoms with E-state index >= 15 is 0 Å². The highest BCUT2D eigenvalue weighted by molar-refractivity contribution is 7.71. The normalized spacial score (nSPS) is 10.9. The number of aromatic nitrogens is 6. The van der Waals surface area contributed by atoms with Gasteiger partial charge in [0.15, 0.2) is 11.6 Å². The lowest BCUT2D eigenvalue weighted by Gasteiger charge is -2.02. The molecule has 5 rings (SSSR count). The molecule has 3 aromatic carbocycles. The van der Waals surface area contributed by atoms with Crippen molar-refractivity contribution in [2.24, 2.45) is 0 Å². The minimum atomic E-state index is 0.478. The lowest BCUT2D eigenvalue weighted by Crippen LogP contribution is -1.96. The Labute approximate surface area is 182 Å². The molecule has 0 saturated heterocycles. The molecule has 0 aliphatic carbocycles. The van der Waals surface area contributed by atoms with Gasteiger partial charge < -0.3 is 0 Å². The quantitative estimate of drug-likeness (QED) is 0.371. The SMILES string of the molecule is S=c1nc(-c2ccc(-c3nc(=S)n(-c4ccccc4)[nH]3)cc2)[nH]n1-c1ccccc1. The Morgan fingerprint density at radius 2 is 0.900 bits per heavy atom. The van der Waals surface area contributed by atoms with Gasteiger partial charge in [-0.25, -0.2) is 9.36 Å². The first-order valence-electron chi connectivity index (χ1n) is 9.29. The minimum Gasteiger partial charge on any atom is -0.274 e. The molecule has 0 atom stereocenters. The van der Waals surface area contributed by atoms with Gasteiger partial charge in [-0.2, -0.15) is 9.97 Å². The van der Waals surface area contributed by atoms with Crippen LogP contribution in [0.2, 0.25) is 0 Å². The number of rotatable bonds is 4. The van der Waals surface area contributed by atoms with Gasteiger partial charge in [-0.15, -0.1) is 0 Å². The summed E-state index contributed by atoms with van der Waals surface area (Å²) in [5, 5.41) is 6.53. The molecule has 0 aliphatic rings. The Morgan fingerprint density at radius 3 is 1.27 bits per heavy atom. The standard InChI is InChI=1S/C22H16N6S2/c29-21-23-19(25-27(21)17-7-3-1-4-8-17)15-11-13-16(14-12-15)20-24-22(30)28(26-20)18-9-5-2-6-10-18/h1-14H,(H,23,25,29)(H,24,26,30). The molecule has 0 aliphatic heterocycles. The maximum atomic E-state index is 5.41. The molecule has 6 nitrogen and oxygen atoms in total. The van der Waals surface area contributed by atoms with Gasteiger partial charge in [0.25, 0.3) is 0 Å². The van der Waals surface area contributed by atoms with Crippen LogP contribution in [0.4, 0.5) is 0 Å². The summed E-state index contributed by atoms with van der Waals surface area (Å²) in [6.45, 7) is 0. The Morgan fingerprint density at radius 1 is 0.533 bits per heavy atom. The lowest BCUT2D eigenvalue weighted by atomic mass is 10.1. The topological polar surface area (TPSA) is 67.2 Å². The van der Waals surface area contributed by atoms with Gasteiger partial charge in [-0.05, 0) is 48.7 Å². The summed E-state index contributed by atoms with van der Waals surface area (Å²) < 4.78 is 4.53. The van der Waals surface area contributed by atoms with Gasteiger partial charge in [-0.1, -0.05) is 60.7 Å². The van der Waals surface area contributed by atoms with Crippen LogP contribution in [0.3, 0.4) is 0 Å². The third kappa shape index (κ3) is 3.42. The van der Waals surface area contributed by atoms with Crippen LogP contribution in [0.5, 0.6) is 0 Å². The van der Waals surface area contributed by atoms with Crippen molar-refractivity contribution in [1.29, 1.82) is 0 Å². The van der Waals surface area contributed by atoms with E-state index in [1.54, 1.807) is 9.36 Å². The van der Waals surface area contributed by atoms with Crippen LogP contribution >= 0.6 is 24.4 Å². The number of nitrogens with one attached hydrogen (secondary N) is 2. The van der Waals surface area contributed by atoms with E-state index < -0.39 is 0 Å². The highest BCUT2D eigenvalue weighted by atomic mass is 32.1. The zero-order chi connectivity index (χ0) is 20.5. The molecule has 0 saturated carbocycles. The average molecular weight is 429 g/mol. The van der Waals surface area contributed by atoms with Crippen molar-refractivity contribution >= 4 is 24.4 Å². The summed E-state index contributed by atoms with van der Waals surface area (Å²) in [5.41, 5.74) is 3.75. The third-order valence-corrected chi connectivity index (χ3v) is 5.24. The van der Waals surface area contributed by atoms with Crippen LogP contribution in [0, 0.1) is 9.54 Å². The summed E-state index contributed by atoms with van der Waals surface area (Å²) in [5.74, 6) is 1.41. The van der Waals surface area contributed by atoms with E-state index in [9.17, 15) is 0 Å². The number of H-pyrrole nitrogens is 2. The Kier molecular flexibility index (Phi) is 4.70. The van der Waals surface area contributed by atoms with Gasteiger partial charge in [0.1, 0.15) is 0 Å². The zero-order valence-corrected chi connectivity index (χ0v) is 17.3. The fourth-order valence-corrected chi connectivity index (χ4v) is 3.68. The highest BCUT2D eigenvalue weighted by Gasteiger charge is 2.09. The molecule has 0 spiro atoms. The van der Waals surface area contributed by atoms with E-state index in [4.69, 9.17) is 24.4 Å². The second kappa shape index (κ2) is 7.66. The molecule has 146 valence electrons. The fraction of sp³-hybridized carbons (Fsp3) is 0. The highest BCUT2D eigenvalue weighted by Crippen LogP contribution is 2.22. The second-order valence-electron chi connectivity index (χ2n) is 6.63. The first-order chi connectivity index (χ1) is 14.7. The van der Waals surface area contributed by atoms with Gasteiger partial charge >= 0.3 is 0 Å². The van der Waals surface area contributed by atoms with Crippen LogP contribution in [-0.4, -0.2) is 29.5 Å². The minimum absolute atomic E-state index is 0.478.